The summed E-state index contributed by atoms with van der Waals surface area (Å²) in [5.41, 5.74) is 0.688. The van der Waals surface area contributed by atoms with Gasteiger partial charge in [-0.05, 0) is 24.6 Å². The van der Waals surface area contributed by atoms with Crippen LogP contribution < -0.4 is 10.1 Å². The van der Waals surface area contributed by atoms with Crippen molar-refractivity contribution in [2.24, 2.45) is 0 Å². The summed E-state index contributed by atoms with van der Waals surface area (Å²) in [4.78, 5) is 38.3. The monoisotopic (exact) mass is 355 g/mol. The highest BCUT2D eigenvalue weighted by Crippen LogP contribution is 2.14. The standard InChI is InChI=1S/C16H19F2N3O4/c1-2-20-7-8-21(15(24)14(20)23)10-13(22)19-9-11-3-5-12(6-4-11)25-16(17)18/h3-6,16H,2,7-10H2,1H3,(H,19,22). The summed E-state index contributed by atoms with van der Waals surface area (Å²) in [6.07, 6.45) is 0. The lowest BCUT2D eigenvalue weighted by Crippen LogP contribution is -2.56. The molecule has 136 valence electrons. The number of hydrogen-bond donors (Lipinski definition) is 1. The predicted octanol–water partition coefficient (Wildman–Crippen LogP) is 0.595. The van der Waals surface area contributed by atoms with Crippen LogP contribution in [0.25, 0.3) is 0 Å². The van der Waals surface area contributed by atoms with Crippen molar-refractivity contribution in [3.63, 3.8) is 0 Å². The van der Waals surface area contributed by atoms with Gasteiger partial charge in [-0.1, -0.05) is 12.1 Å². The Labute approximate surface area is 143 Å². The van der Waals surface area contributed by atoms with Gasteiger partial charge in [0.2, 0.25) is 5.91 Å². The van der Waals surface area contributed by atoms with E-state index >= 15 is 0 Å². The van der Waals surface area contributed by atoms with E-state index in [0.717, 1.165) is 0 Å². The van der Waals surface area contributed by atoms with Crippen molar-refractivity contribution in [2.75, 3.05) is 26.2 Å². The molecule has 1 saturated heterocycles. The molecule has 1 aliphatic heterocycles. The van der Waals surface area contributed by atoms with Crippen LogP contribution in [0.5, 0.6) is 5.75 Å². The first-order valence-electron chi connectivity index (χ1n) is 7.79. The van der Waals surface area contributed by atoms with Gasteiger partial charge in [-0.25, -0.2) is 0 Å². The third-order valence-corrected chi connectivity index (χ3v) is 3.75. The van der Waals surface area contributed by atoms with Crippen molar-refractivity contribution in [3.05, 3.63) is 29.8 Å². The van der Waals surface area contributed by atoms with Gasteiger partial charge in [-0.3, -0.25) is 14.4 Å². The zero-order valence-electron chi connectivity index (χ0n) is 13.7. The molecule has 0 bridgehead atoms. The van der Waals surface area contributed by atoms with Gasteiger partial charge in [0.05, 0.1) is 0 Å². The summed E-state index contributed by atoms with van der Waals surface area (Å²) in [7, 11) is 0. The molecule has 0 atom stereocenters. The second-order valence-corrected chi connectivity index (χ2v) is 5.41. The van der Waals surface area contributed by atoms with E-state index in [4.69, 9.17) is 0 Å². The lowest BCUT2D eigenvalue weighted by molar-refractivity contribution is -0.156. The third kappa shape index (κ3) is 5.13. The number of nitrogens with one attached hydrogen (secondary N) is 1. The SMILES string of the molecule is CCN1CCN(CC(=O)NCc2ccc(OC(F)F)cc2)C(=O)C1=O. The minimum atomic E-state index is -2.89. The van der Waals surface area contributed by atoms with Crippen LogP contribution in [-0.2, 0) is 20.9 Å². The lowest BCUT2D eigenvalue weighted by atomic mass is 10.2. The smallest absolute Gasteiger partial charge is 0.387 e. The topological polar surface area (TPSA) is 79.0 Å². The van der Waals surface area contributed by atoms with E-state index in [1.54, 1.807) is 19.1 Å². The lowest BCUT2D eigenvalue weighted by Gasteiger charge is -2.32. The van der Waals surface area contributed by atoms with Crippen LogP contribution in [0.4, 0.5) is 8.78 Å². The van der Waals surface area contributed by atoms with E-state index in [1.807, 2.05) is 0 Å². The summed E-state index contributed by atoms with van der Waals surface area (Å²) >= 11 is 0. The first-order valence-corrected chi connectivity index (χ1v) is 7.79. The minimum Gasteiger partial charge on any atom is -0.435 e. The van der Waals surface area contributed by atoms with E-state index in [1.165, 1.54) is 21.9 Å². The van der Waals surface area contributed by atoms with Crippen LogP contribution in [0.2, 0.25) is 0 Å². The molecule has 25 heavy (non-hydrogen) atoms. The van der Waals surface area contributed by atoms with Crippen molar-refractivity contribution < 1.29 is 27.9 Å². The number of likely N-dealkylation sites (N-methyl/N-ethyl adjacent to an activating group) is 1. The normalized spacial score (nSPS) is 14.9. The summed E-state index contributed by atoms with van der Waals surface area (Å²) in [5.74, 6) is -1.66. The second kappa shape index (κ2) is 8.41. The Morgan fingerprint density at radius 1 is 1.16 bits per heavy atom. The van der Waals surface area contributed by atoms with Gasteiger partial charge in [0, 0.05) is 26.2 Å². The first kappa shape index (κ1) is 18.6. The maximum absolute atomic E-state index is 12.1. The molecule has 0 saturated carbocycles. The molecule has 7 nitrogen and oxygen atoms in total. The van der Waals surface area contributed by atoms with Gasteiger partial charge in [0.15, 0.2) is 0 Å². The second-order valence-electron chi connectivity index (χ2n) is 5.41. The van der Waals surface area contributed by atoms with E-state index in [0.29, 0.717) is 25.2 Å². The fourth-order valence-corrected chi connectivity index (χ4v) is 2.39. The summed E-state index contributed by atoms with van der Waals surface area (Å²) in [6, 6.07) is 5.85. The average molecular weight is 355 g/mol. The number of carbonyl (C=O) groups is 3. The average Bonchev–Trinajstić information content (AvgIpc) is 2.58. The zero-order chi connectivity index (χ0) is 18.4. The number of piperazine rings is 1. The summed E-state index contributed by atoms with van der Waals surface area (Å²) in [5, 5.41) is 2.62. The summed E-state index contributed by atoms with van der Waals surface area (Å²) < 4.78 is 28.4. The molecule has 1 aromatic carbocycles. The number of ether oxygens (including phenoxy) is 1. The number of benzene rings is 1. The zero-order valence-corrected chi connectivity index (χ0v) is 13.7. The number of carbonyl (C=O) groups excluding carboxylic acids is 3. The largest absolute Gasteiger partial charge is 0.435 e. The highest BCUT2D eigenvalue weighted by Gasteiger charge is 2.32. The minimum absolute atomic E-state index is 0.0305. The number of halogens is 2. The molecule has 0 aromatic heterocycles. The van der Waals surface area contributed by atoms with Crippen LogP contribution >= 0.6 is 0 Å². The Morgan fingerprint density at radius 2 is 1.76 bits per heavy atom. The van der Waals surface area contributed by atoms with Crippen LogP contribution in [0.3, 0.4) is 0 Å². The van der Waals surface area contributed by atoms with Crippen LogP contribution in [0, 0.1) is 0 Å². The van der Waals surface area contributed by atoms with Crippen LogP contribution in [0.1, 0.15) is 12.5 Å². The fraction of sp³-hybridized carbons (Fsp3) is 0.438. The van der Waals surface area contributed by atoms with Crippen molar-refractivity contribution in [1.29, 1.82) is 0 Å². The van der Waals surface area contributed by atoms with Gasteiger partial charge in [0.25, 0.3) is 0 Å². The molecule has 2 rings (SSSR count). The molecule has 1 aromatic rings. The molecular weight excluding hydrogens is 336 g/mol. The number of hydrogen-bond acceptors (Lipinski definition) is 4. The maximum atomic E-state index is 12.1. The number of amides is 3. The van der Waals surface area contributed by atoms with Crippen molar-refractivity contribution in [3.8, 4) is 5.75 Å². The molecule has 1 heterocycles. The highest BCUT2D eigenvalue weighted by molar-refractivity contribution is 6.35. The molecule has 0 aliphatic carbocycles. The molecule has 0 radical (unpaired) electrons. The molecule has 0 spiro atoms. The van der Waals surface area contributed by atoms with Gasteiger partial charge in [0.1, 0.15) is 12.3 Å². The quantitative estimate of drug-likeness (QED) is 0.727. The van der Waals surface area contributed by atoms with Crippen molar-refractivity contribution >= 4 is 17.7 Å². The third-order valence-electron chi connectivity index (χ3n) is 3.75. The van der Waals surface area contributed by atoms with E-state index in [2.05, 4.69) is 10.1 Å². The van der Waals surface area contributed by atoms with Gasteiger partial charge in [-0.2, -0.15) is 8.78 Å². The van der Waals surface area contributed by atoms with Gasteiger partial charge >= 0.3 is 18.4 Å². The maximum Gasteiger partial charge on any atom is 0.387 e. The van der Waals surface area contributed by atoms with Crippen LogP contribution in [0.15, 0.2) is 24.3 Å². The van der Waals surface area contributed by atoms with E-state index in [9.17, 15) is 23.2 Å². The van der Waals surface area contributed by atoms with Crippen molar-refractivity contribution in [2.45, 2.75) is 20.1 Å². The molecule has 9 heteroatoms. The van der Waals surface area contributed by atoms with Crippen LogP contribution in [-0.4, -0.2) is 60.3 Å². The molecule has 1 N–H and O–H groups in total. The van der Waals surface area contributed by atoms with E-state index in [-0.39, 0.29) is 18.8 Å². The Morgan fingerprint density at radius 3 is 2.36 bits per heavy atom. The Kier molecular flexibility index (Phi) is 6.26. The predicted molar refractivity (Wildman–Crippen MR) is 83.8 cm³/mol. The Hall–Kier alpha value is -2.71. The Bertz CT molecular complexity index is 637. The molecule has 1 fully saturated rings. The number of rotatable bonds is 7. The molecule has 3 amide bonds. The summed E-state index contributed by atoms with van der Waals surface area (Å²) in [6.45, 7) is 0.0328. The molecular formula is C16H19F2N3O4. The number of alkyl halides is 2. The Balaban J connectivity index is 1.81. The van der Waals surface area contributed by atoms with Gasteiger partial charge in [-0.15, -0.1) is 0 Å². The van der Waals surface area contributed by atoms with Gasteiger partial charge < -0.3 is 19.9 Å². The fourth-order valence-electron chi connectivity index (χ4n) is 2.39. The first-order chi connectivity index (χ1) is 11.9. The molecule has 1 aliphatic rings. The number of nitrogens with zero attached hydrogens (tertiary/aromatic N) is 2. The molecule has 0 unspecified atom stereocenters. The van der Waals surface area contributed by atoms with E-state index < -0.39 is 24.3 Å². The van der Waals surface area contributed by atoms with Crippen molar-refractivity contribution in [1.82, 2.24) is 15.1 Å². The highest BCUT2D eigenvalue weighted by atomic mass is 19.3.